The summed E-state index contributed by atoms with van der Waals surface area (Å²) in [4.78, 5) is 8.96. The average Bonchev–Trinajstić information content (AvgIpc) is 2.46. The summed E-state index contributed by atoms with van der Waals surface area (Å²) >= 11 is 1.46. The zero-order valence-corrected chi connectivity index (χ0v) is 12.5. The highest BCUT2D eigenvalue weighted by Crippen LogP contribution is 2.33. The fourth-order valence-corrected chi connectivity index (χ4v) is 2.93. The number of halogens is 1. The Balaban J connectivity index is 2.26. The summed E-state index contributed by atoms with van der Waals surface area (Å²) in [6.07, 6.45) is 4.21. The van der Waals surface area contributed by atoms with Crippen LogP contribution < -0.4 is 5.32 Å². The molecule has 0 amide bonds. The van der Waals surface area contributed by atoms with Gasteiger partial charge in [0.2, 0.25) is 0 Å². The molecule has 1 aromatic heterocycles. The maximum Gasteiger partial charge on any atom is 0.129 e. The maximum absolute atomic E-state index is 14.1. The number of rotatable bonds is 6. The van der Waals surface area contributed by atoms with Crippen molar-refractivity contribution in [2.75, 3.05) is 6.54 Å². The van der Waals surface area contributed by atoms with E-state index < -0.39 is 0 Å². The van der Waals surface area contributed by atoms with Crippen LogP contribution in [0.2, 0.25) is 0 Å². The van der Waals surface area contributed by atoms with E-state index in [2.05, 4.69) is 22.2 Å². The van der Waals surface area contributed by atoms with Crippen molar-refractivity contribution in [3.8, 4) is 0 Å². The number of hydrogen-bond donors (Lipinski definition) is 1. The van der Waals surface area contributed by atoms with E-state index in [1.165, 1.54) is 24.2 Å². The van der Waals surface area contributed by atoms with Gasteiger partial charge in [-0.1, -0.05) is 24.8 Å². The quantitative estimate of drug-likeness (QED) is 0.821. The van der Waals surface area contributed by atoms with Gasteiger partial charge in [-0.3, -0.25) is 0 Å². The third-order valence-corrected chi connectivity index (χ3v) is 3.94. The van der Waals surface area contributed by atoms with Crippen LogP contribution in [0.1, 0.15) is 31.9 Å². The topological polar surface area (TPSA) is 37.8 Å². The fraction of sp³-hybridized carbons (Fsp3) is 0.333. The molecule has 1 N–H and O–H groups in total. The summed E-state index contributed by atoms with van der Waals surface area (Å²) < 4.78 is 14.1. The Kier molecular flexibility index (Phi) is 5.49. The molecule has 5 heteroatoms. The lowest BCUT2D eigenvalue weighted by molar-refractivity contribution is 0.519. The molecule has 1 aromatic carbocycles. The number of benzene rings is 1. The number of nitrogens with zero attached hydrogens (tertiary/aromatic N) is 2. The smallest absolute Gasteiger partial charge is 0.129 e. The van der Waals surface area contributed by atoms with Gasteiger partial charge >= 0.3 is 0 Å². The lowest BCUT2D eigenvalue weighted by Crippen LogP contribution is -2.21. The van der Waals surface area contributed by atoms with Crippen LogP contribution in [0.25, 0.3) is 0 Å². The highest BCUT2D eigenvalue weighted by Gasteiger charge is 2.16. The average molecular weight is 291 g/mol. The Hall–Kier alpha value is -1.46. The van der Waals surface area contributed by atoms with Crippen molar-refractivity contribution in [1.29, 1.82) is 0 Å². The van der Waals surface area contributed by atoms with Crippen LogP contribution in [0.15, 0.2) is 46.7 Å². The molecule has 106 valence electrons. The van der Waals surface area contributed by atoms with Crippen molar-refractivity contribution in [3.63, 3.8) is 0 Å². The van der Waals surface area contributed by atoms with Gasteiger partial charge in [0.25, 0.3) is 0 Å². The minimum Gasteiger partial charge on any atom is -0.310 e. The summed E-state index contributed by atoms with van der Waals surface area (Å²) in [7, 11) is 0. The number of hydrogen-bond acceptors (Lipinski definition) is 4. The zero-order chi connectivity index (χ0) is 14.4. The lowest BCUT2D eigenvalue weighted by atomic mass is 10.1. The van der Waals surface area contributed by atoms with Crippen LogP contribution in [0, 0.1) is 5.82 Å². The van der Waals surface area contributed by atoms with E-state index >= 15 is 0 Å². The predicted octanol–water partition coefficient (Wildman–Crippen LogP) is 3.83. The molecule has 0 aliphatic heterocycles. The molecular formula is C15H18FN3S. The minimum absolute atomic E-state index is 0.0273. The Morgan fingerprint density at radius 1 is 1.35 bits per heavy atom. The SMILES string of the molecule is CCCNC(C)c1c(F)cccc1Sc1ccncn1. The van der Waals surface area contributed by atoms with Gasteiger partial charge in [-0.2, -0.15) is 0 Å². The van der Waals surface area contributed by atoms with Gasteiger partial charge < -0.3 is 5.32 Å². The molecule has 0 fully saturated rings. The molecule has 0 bridgehead atoms. The second-order valence-corrected chi connectivity index (χ2v) is 5.54. The Labute approximate surface area is 123 Å². The Morgan fingerprint density at radius 3 is 2.90 bits per heavy atom. The first-order chi connectivity index (χ1) is 9.72. The van der Waals surface area contributed by atoms with Crippen LogP contribution in [0.4, 0.5) is 4.39 Å². The molecule has 2 aromatic rings. The Bertz CT molecular complexity index is 548. The van der Waals surface area contributed by atoms with Crippen molar-refractivity contribution in [2.45, 2.75) is 36.2 Å². The summed E-state index contributed by atoms with van der Waals surface area (Å²) in [5.74, 6) is -0.180. The standard InChI is InChI=1S/C15H18FN3S/c1-3-8-18-11(2)15-12(16)5-4-6-13(15)20-14-7-9-17-10-19-14/h4-7,9-11,18H,3,8H2,1-2H3. The van der Waals surface area contributed by atoms with Gasteiger partial charge in [0.15, 0.2) is 0 Å². The normalized spacial score (nSPS) is 12.3. The van der Waals surface area contributed by atoms with E-state index in [-0.39, 0.29) is 11.9 Å². The largest absolute Gasteiger partial charge is 0.310 e. The van der Waals surface area contributed by atoms with Gasteiger partial charge in [0.1, 0.15) is 17.2 Å². The van der Waals surface area contributed by atoms with Crippen molar-refractivity contribution >= 4 is 11.8 Å². The number of nitrogens with one attached hydrogen (secondary N) is 1. The first-order valence-electron chi connectivity index (χ1n) is 6.68. The molecule has 1 heterocycles. The first-order valence-corrected chi connectivity index (χ1v) is 7.49. The summed E-state index contributed by atoms with van der Waals surface area (Å²) in [6, 6.07) is 6.96. The number of aromatic nitrogens is 2. The highest BCUT2D eigenvalue weighted by molar-refractivity contribution is 7.99. The molecule has 0 saturated heterocycles. The highest BCUT2D eigenvalue weighted by atomic mass is 32.2. The Morgan fingerprint density at radius 2 is 2.20 bits per heavy atom. The van der Waals surface area contributed by atoms with Crippen LogP contribution in [0.3, 0.4) is 0 Å². The molecule has 0 aliphatic rings. The van der Waals surface area contributed by atoms with Crippen molar-refractivity contribution < 1.29 is 4.39 Å². The van der Waals surface area contributed by atoms with Crippen LogP contribution in [-0.2, 0) is 0 Å². The van der Waals surface area contributed by atoms with E-state index in [4.69, 9.17) is 0 Å². The monoisotopic (exact) mass is 291 g/mol. The van der Waals surface area contributed by atoms with Gasteiger partial charge in [0, 0.05) is 22.7 Å². The van der Waals surface area contributed by atoms with Gasteiger partial charge in [-0.25, -0.2) is 14.4 Å². The summed E-state index contributed by atoms with van der Waals surface area (Å²) in [5, 5.41) is 4.14. The molecule has 1 unspecified atom stereocenters. The van der Waals surface area contributed by atoms with E-state index in [1.807, 2.05) is 19.1 Å². The first kappa shape index (κ1) is 14.9. The van der Waals surface area contributed by atoms with Crippen LogP contribution >= 0.6 is 11.8 Å². The molecule has 0 aliphatic carbocycles. The zero-order valence-electron chi connectivity index (χ0n) is 11.6. The maximum atomic E-state index is 14.1. The summed E-state index contributed by atoms with van der Waals surface area (Å²) in [6.45, 7) is 4.95. The van der Waals surface area contributed by atoms with Crippen molar-refractivity contribution in [1.82, 2.24) is 15.3 Å². The van der Waals surface area contributed by atoms with E-state index in [0.717, 1.165) is 22.9 Å². The van der Waals surface area contributed by atoms with Crippen molar-refractivity contribution in [3.05, 3.63) is 48.2 Å². The summed E-state index contributed by atoms with van der Waals surface area (Å²) in [5.41, 5.74) is 0.699. The molecule has 0 radical (unpaired) electrons. The second-order valence-electron chi connectivity index (χ2n) is 4.48. The predicted molar refractivity (Wildman–Crippen MR) is 79.3 cm³/mol. The molecule has 0 saturated carbocycles. The molecular weight excluding hydrogens is 273 g/mol. The third-order valence-electron chi connectivity index (χ3n) is 2.92. The molecule has 20 heavy (non-hydrogen) atoms. The molecule has 3 nitrogen and oxygen atoms in total. The molecule has 1 atom stereocenters. The van der Waals surface area contributed by atoms with E-state index in [9.17, 15) is 4.39 Å². The third kappa shape index (κ3) is 3.77. The fourth-order valence-electron chi connectivity index (χ4n) is 1.94. The lowest BCUT2D eigenvalue weighted by Gasteiger charge is -2.18. The van der Waals surface area contributed by atoms with E-state index in [0.29, 0.717) is 5.56 Å². The van der Waals surface area contributed by atoms with E-state index in [1.54, 1.807) is 12.3 Å². The van der Waals surface area contributed by atoms with Gasteiger partial charge in [-0.05, 0) is 38.1 Å². The van der Waals surface area contributed by atoms with Gasteiger partial charge in [-0.15, -0.1) is 0 Å². The van der Waals surface area contributed by atoms with Crippen LogP contribution in [0.5, 0.6) is 0 Å². The second kappa shape index (κ2) is 7.36. The van der Waals surface area contributed by atoms with Gasteiger partial charge in [0.05, 0.1) is 0 Å². The molecule has 2 rings (SSSR count). The minimum atomic E-state index is -0.180. The van der Waals surface area contributed by atoms with Crippen LogP contribution in [-0.4, -0.2) is 16.5 Å². The molecule has 0 spiro atoms. The van der Waals surface area contributed by atoms with Crippen molar-refractivity contribution in [2.24, 2.45) is 0 Å².